The van der Waals surface area contributed by atoms with E-state index in [1.165, 1.54) is 19.2 Å². The molecule has 0 radical (unpaired) electrons. The number of methoxy groups -OCH3 is 1. The molecule has 5 rings (SSSR count). The van der Waals surface area contributed by atoms with Gasteiger partial charge in [-0.3, -0.25) is 4.79 Å². The first-order valence-electron chi connectivity index (χ1n) is 12.8. The Morgan fingerprint density at radius 2 is 1.79 bits per heavy atom. The summed E-state index contributed by atoms with van der Waals surface area (Å²) in [6, 6.07) is 14.4. The van der Waals surface area contributed by atoms with Crippen molar-refractivity contribution in [2.24, 2.45) is 5.92 Å². The van der Waals surface area contributed by atoms with Crippen molar-refractivity contribution >= 4 is 16.8 Å². The van der Waals surface area contributed by atoms with Crippen molar-refractivity contribution < 1.29 is 24.1 Å². The number of amides is 1. The van der Waals surface area contributed by atoms with Crippen molar-refractivity contribution in [3.63, 3.8) is 0 Å². The van der Waals surface area contributed by atoms with Gasteiger partial charge in [-0.25, -0.2) is 9.37 Å². The fourth-order valence-electron chi connectivity index (χ4n) is 4.71. The topological polar surface area (TPSA) is 117 Å². The van der Waals surface area contributed by atoms with E-state index >= 15 is 0 Å². The number of hydrogen-bond donors (Lipinski definition) is 3. The lowest BCUT2D eigenvalue weighted by Crippen LogP contribution is -2.43. The van der Waals surface area contributed by atoms with Gasteiger partial charge in [-0.05, 0) is 99.7 Å². The van der Waals surface area contributed by atoms with Crippen molar-refractivity contribution in [3.8, 4) is 17.0 Å². The quantitative estimate of drug-likeness (QED) is 0.309. The van der Waals surface area contributed by atoms with Gasteiger partial charge in [-0.1, -0.05) is 0 Å². The molecular weight excluding hydrogens is 499 g/mol. The highest BCUT2D eigenvalue weighted by atomic mass is 19.1. The van der Waals surface area contributed by atoms with Crippen LogP contribution in [-0.4, -0.2) is 45.0 Å². The van der Waals surface area contributed by atoms with Crippen LogP contribution in [0.3, 0.4) is 0 Å². The van der Waals surface area contributed by atoms with E-state index in [-0.39, 0.29) is 24.2 Å². The summed E-state index contributed by atoms with van der Waals surface area (Å²) in [4.78, 5) is 18.0. The lowest BCUT2D eigenvalue weighted by molar-refractivity contribution is 0.00888. The minimum atomic E-state index is -1.48. The zero-order valence-corrected chi connectivity index (χ0v) is 22.3. The smallest absolute Gasteiger partial charge is 0.251 e. The number of hydrogen-bond acceptors (Lipinski definition) is 7. The normalized spacial score (nSPS) is 15.2. The molecule has 39 heavy (non-hydrogen) atoms. The third kappa shape index (κ3) is 5.46. The van der Waals surface area contributed by atoms with Crippen LogP contribution in [0.4, 0.5) is 4.39 Å². The van der Waals surface area contributed by atoms with Crippen LogP contribution in [0, 0.1) is 18.7 Å². The number of rotatable bonds is 8. The fourth-order valence-corrected chi connectivity index (χ4v) is 4.71. The van der Waals surface area contributed by atoms with E-state index < -0.39 is 11.2 Å². The standard InChI is InChI=1S/C30H31FN4O4/c1-17-11-19-12-20(13-25(39-4)27(19)35-34-17)28(36)32-16-30(38,21-7-8-21)26-15-22(29(2,3)37)14-24(33-26)18-5-9-23(31)10-6-18/h5-6,9-15,21,37-38H,7-8,16H2,1-4H3,(H,32,36). The molecule has 1 atom stereocenters. The molecule has 0 spiro atoms. The Kier molecular flexibility index (Phi) is 6.82. The van der Waals surface area contributed by atoms with E-state index in [1.54, 1.807) is 50.2 Å². The summed E-state index contributed by atoms with van der Waals surface area (Å²) in [7, 11) is 1.50. The summed E-state index contributed by atoms with van der Waals surface area (Å²) in [5.74, 6) is -0.456. The number of aryl methyl sites for hydroxylation is 1. The lowest BCUT2D eigenvalue weighted by atomic mass is 9.88. The van der Waals surface area contributed by atoms with Crippen LogP contribution >= 0.6 is 0 Å². The molecule has 0 saturated heterocycles. The van der Waals surface area contributed by atoms with Crippen LogP contribution in [0.1, 0.15) is 54.0 Å². The minimum absolute atomic E-state index is 0.0877. The van der Waals surface area contributed by atoms with E-state index in [0.717, 1.165) is 12.8 Å². The number of fused-ring (bicyclic) bond motifs is 1. The van der Waals surface area contributed by atoms with Gasteiger partial charge in [0.05, 0.1) is 36.3 Å². The monoisotopic (exact) mass is 530 g/mol. The minimum Gasteiger partial charge on any atom is -0.494 e. The summed E-state index contributed by atoms with van der Waals surface area (Å²) >= 11 is 0. The number of nitrogens with zero attached hydrogens (tertiary/aromatic N) is 3. The van der Waals surface area contributed by atoms with E-state index in [2.05, 4.69) is 15.5 Å². The maximum atomic E-state index is 13.6. The predicted octanol–water partition coefficient (Wildman–Crippen LogP) is 4.40. The third-order valence-corrected chi connectivity index (χ3v) is 7.15. The Bertz CT molecular complexity index is 1550. The third-order valence-electron chi connectivity index (χ3n) is 7.15. The van der Waals surface area contributed by atoms with Crippen LogP contribution in [-0.2, 0) is 11.2 Å². The van der Waals surface area contributed by atoms with Crippen molar-refractivity contribution in [2.75, 3.05) is 13.7 Å². The molecular formula is C30H31FN4O4. The SMILES string of the molecule is COc1cc(C(=O)NCC(O)(c2cc(C(C)(C)O)cc(-c3ccc(F)cc3)n2)C2CC2)cc2cc(C)nnc12. The average Bonchev–Trinajstić information content (AvgIpc) is 3.76. The molecule has 8 nitrogen and oxygen atoms in total. The molecule has 1 fully saturated rings. The zero-order valence-electron chi connectivity index (χ0n) is 22.3. The molecule has 1 aliphatic carbocycles. The first-order valence-corrected chi connectivity index (χ1v) is 12.8. The molecule has 1 saturated carbocycles. The second-order valence-corrected chi connectivity index (χ2v) is 10.7. The second-order valence-electron chi connectivity index (χ2n) is 10.7. The molecule has 1 amide bonds. The van der Waals surface area contributed by atoms with E-state index in [0.29, 0.717) is 50.4 Å². The van der Waals surface area contributed by atoms with Crippen molar-refractivity contribution in [3.05, 3.63) is 82.9 Å². The van der Waals surface area contributed by atoms with Crippen LogP contribution in [0.25, 0.3) is 22.2 Å². The maximum Gasteiger partial charge on any atom is 0.251 e. The molecule has 202 valence electrons. The Morgan fingerprint density at radius 3 is 2.44 bits per heavy atom. The van der Waals surface area contributed by atoms with Crippen LogP contribution in [0.5, 0.6) is 5.75 Å². The summed E-state index contributed by atoms with van der Waals surface area (Å²) in [6.45, 7) is 5.03. The highest BCUT2D eigenvalue weighted by Crippen LogP contribution is 2.46. The number of carbonyl (C=O) groups excluding carboxylic acids is 1. The number of ether oxygens (including phenoxy) is 1. The molecule has 9 heteroatoms. The molecule has 3 N–H and O–H groups in total. The Labute approximate surface area is 225 Å². The number of carbonyl (C=O) groups is 1. The van der Waals surface area contributed by atoms with Crippen molar-refractivity contribution in [1.29, 1.82) is 0 Å². The van der Waals surface area contributed by atoms with E-state index in [9.17, 15) is 19.4 Å². The molecule has 0 aliphatic heterocycles. The van der Waals surface area contributed by atoms with Crippen LogP contribution in [0.15, 0.2) is 54.6 Å². The number of aliphatic hydroxyl groups is 2. The lowest BCUT2D eigenvalue weighted by Gasteiger charge is -2.30. The second kappa shape index (κ2) is 9.98. The Morgan fingerprint density at radius 1 is 1.08 bits per heavy atom. The first-order chi connectivity index (χ1) is 18.5. The van der Waals surface area contributed by atoms with Gasteiger partial charge in [-0.2, -0.15) is 5.10 Å². The zero-order chi connectivity index (χ0) is 27.9. The summed E-state index contributed by atoms with van der Waals surface area (Å²) in [5.41, 5.74) is 0.945. The molecule has 1 aliphatic rings. The van der Waals surface area contributed by atoms with Gasteiger partial charge in [0, 0.05) is 16.5 Å². The first kappa shape index (κ1) is 26.6. The van der Waals surface area contributed by atoms with Gasteiger partial charge in [0.25, 0.3) is 5.91 Å². The number of pyridine rings is 1. The molecule has 2 heterocycles. The van der Waals surface area contributed by atoms with Crippen molar-refractivity contribution in [1.82, 2.24) is 20.5 Å². The van der Waals surface area contributed by atoms with Crippen LogP contribution < -0.4 is 10.1 Å². The van der Waals surface area contributed by atoms with E-state index in [4.69, 9.17) is 9.72 Å². The van der Waals surface area contributed by atoms with Gasteiger partial charge < -0.3 is 20.3 Å². The van der Waals surface area contributed by atoms with Gasteiger partial charge in [-0.15, -0.1) is 5.10 Å². The molecule has 4 aromatic rings. The number of aromatic nitrogens is 3. The van der Waals surface area contributed by atoms with Gasteiger partial charge in [0.1, 0.15) is 22.7 Å². The average molecular weight is 531 g/mol. The number of halogens is 1. The summed E-state index contributed by atoms with van der Waals surface area (Å²) < 4.78 is 19.0. The number of nitrogens with one attached hydrogen (secondary N) is 1. The number of benzene rings is 2. The summed E-state index contributed by atoms with van der Waals surface area (Å²) in [6.07, 6.45) is 1.54. The highest BCUT2D eigenvalue weighted by Gasteiger charge is 2.47. The van der Waals surface area contributed by atoms with Gasteiger partial charge in [0.15, 0.2) is 0 Å². The Hall–Kier alpha value is -3.95. The van der Waals surface area contributed by atoms with Crippen LogP contribution in [0.2, 0.25) is 0 Å². The largest absolute Gasteiger partial charge is 0.494 e. The molecule has 1 unspecified atom stereocenters. The summed E-state index contributed by atoms with van der Waals surface area (Å²) in [5, 5.41) is 34.6. The highest BCUT2D eigenvalue weighted by molar-refractivity contribution is 5.99. The molecule has 2 aromatic carbocycles. The van der Waals surface area contributed by atoms with Gasteiger partial charge in [0.2, 0.25) is 0 Å². The van der Waals surface area contributed by atoms with E-state index in [1.807, 2.05) is 13.0 Å². The maximum absolute atomic E-state index is 13.6. The van der Waals surface area contributed by atoms with Gasteiger partial charge >= 0.3 is 0 Å². The predicted molar refractivity (Wildman–Crippen MR) is 145 cm³/mol. The Balaban J connectivity index is 1.49. The molecule has 0 bridgehead atoms. The van der Waals surface area contributed by atoms with Crippen molar-refractivity contribution in [2.45, 2.75) is 44.8 Å². The fraction of sp³-hybridized carbons (Fsp3) is 0.333. The molecule has 2 aromatic heterocycles.